The number of aliphatic imine (C=N–C) groups is 2. The van der Waals surface area contributed by atoms with Crippen LogP contribution in [0, 0.1) is 0 Å². The van der Waals surface area contributed by atoms with Crippen LogP contribution in [0.25, 0.3) is 0 Å². The minimum absolute atomic E-state index is 0. The number of carboxylic acids is 1. The number of aliphatic hydroxyl groups is 1. The predicted octanol–water partition coefficient (Wildman–Crippen LogP) is 20.6. The highest BCUT2D eigenvalue weighted by molar-refractivity contribution is 6.74. The lowest BCUT2D eigenvalue weighted by atomic mass is 9.95. The Hall–Kier alpha value is -5.87. The molecule has 2 heterocycles. The van der Waals surface area contributed by atoms with Gasteiger partial charge >= 0.3 is 11.9 Å². The molecule has 10 atom stereocenters. The number of benzene rings is 4. The lowest BCUT2D eigenvalue weighted by Crippen LogP contribution is -2.61. The maximum absolute atomic E-state index is 12.7. The molecule has 0 amide bonds. The predicted molar refractivity (Wildman–Crippen MR) is 422 cm³/mol. The van der Waals surface area contributed by atoms with Crippen LogP contribution in [0.2, 0.25) is 36.3 Å². The summed E-state index contributed by atoms with van der Waals surface area (Å²) >= 11 is 0. The van der Waals surface area contributed by atoms with Crippen molar-refractivity contribution in [3.63, 3.8) is 0 Å². The van der Waals surface area contributed by atoms with Crippen molar-refractivity contribution in [3.05, 3.63) is 181 Å². The molecular formula is C84H134N2O13Si2. The Morgan fingerprint density at radius 1 is 0.515 bits per heavy atom. The van der Waals surface area contributed by atoms with Crippen LogP contribution in [0.5, 0.6) is 0 Å². The fraction of sp³-hybridized carbons (Fsp3) is 0.595. The summed E-state index contributed by atoms with van der Waals surface area (Å²) in [6, 6.07) is 39.2. The molecule has 2 N–H and O–H groups in total. The third kappa shape index (κ3) is 32.4. The second kappa shape index (κ2) is 49.0. The van der Waals surface area contributed by atoms with E-state index in [1.54, 1.807) is 12.5 Å². The fourth-order valence-corrected chi connectivity index (χ4v) is 13.0. The van der Waals surface area contributed by atoms with Crippen molar-refractivity contribution in [3.8, 4) is 0 Å². The van der Waals surface area contributed by atoms with Crippen LogP contribution in [0.1, 0.15) is 222 Å². The molecular weight excluding hydrogens is 1300 g/mol. The molecule has 0 aromatic heterocycles. The molecule has 0 radical (unpaired) electrons. The van der Waals surface area contributed by atoms with Gasteiger partial charge in [0, 0.05) is 42.4 Å². The number of aliphatic hydroxyl groups excluding tert-OH is 1. The average molecular weight is 1440 g/mol. The molecule has 2 fully saturated rings. The van der Waals surface area contributed by atoms with Crippen LogP contribution in [-0.2, 0) is 51.6 Å². The van der Waals surface area contributed by atoms with Crippen LogP contribution in [0.4, 0.5) is 0 Å². The van der Waals surface area contributed by atoms with Crippen molar-refractivity contribution >= 4 is 40.0 Å². The molecule has 4 aromatic carbocycles. The van der Waals surface area contributed by atoms with Crippen molar-refractivity contribution in [2.45, 2.75) is 298 Å². The van der Waals surface area contributed by atoms with Gasteiger partial charge in [0.05, 0.1) is 43.6 Å². The largest absolute Gasteiger partial charge is 0.481 e. The molecule has 4 aromatic rings. The van der Waals surface area contributed by atoms with E-state index in [1.807, 2.05) is 123 Å². The van der Waals surface area contributed by atoms with Crippen LogP contribution in [-0.4, -0.2) is 138 Å². The summed E-state index contributed by atoms with van der Waals surface area (Å²) in [5.41, 5.74) is 5.48. The van der Waals surface area contributed by atoms with E-state index in [4.69, 9.17) is 57.1 Å². The Labute approximate surface area is 613 Å². The molecule has 101 heavy (non-hydrogen) atoms. The third-order valence-corrected chi connectivity index (χ3v) is 27.8. The number of aliphatic carboxylic acids is 1. The zero-order chi connectivity index (χ0) is 72.7. The summed E-state index contributed by atoms with van der Waals surface area (Å²) in [5, 5.41) is 19.7. The van der Waals surface area contributed by atoms with E-state index in [1.165, 1.54) is 90.0 Å². The van der Waals surface area contributed by atoms with E-state index < -0.39 is 89.9 Å². The molecule has 0 unspecified atom stereocenters. The normalized spacial score (nSPS) is 20.7. The van der Waals surface area contributed by atoms with Gasteiger partial charge in [-0.05, 0) is 63.0 Å². The number of carbonyl (C=O) groups is 2. The van der Waals surface area contributed by atoms with Crippen LogP contribution in [0.15, 0.2) is 169 Å². The summed E-state index contributed by atoms with van der Waals surface area (Å²) < 4.78 is 58.2. The zero-order valence-electron chi connectivity index (χ0n) is 63.0. The minimum Gasteiger partial charge on any atom is -0.481 e. The first-order valence-electron chi connectivity index (χ1n) is 36.7. The number of rotatable bonds is 39. The number of carboxylic acid groups (broad SMARTS) is 1. The summed E-state index contributed by atoms with van der Waals surface area (Å²) in [6.07, 6.45) is 21.9. The van der Waals surface area contributed by atoms with E-state index in [-0.39, 0.29) is 44.6 Å². The van der Waals surface area contributed by atoms with Gasteiger partial charge in [0.2, 0.25) is 12.6 Å². The average Bonchev–Trinajstić information content (AvgIpc) is 0.785. The van der Waals surface area contributed by atoms with Gasteiger partial charge in [-0.1, -0.05) is 300 Å². The highest BCUT2D eigenvalue weighted by Gasteiger charge is 2.52. The van der Waals surface area contributed by atoms with Crippen molar-refractivity contribution in [2.75, 3.05) is 26.4 Å². The summed E-state index contributed by atoms with van der Waals surface area (Å²) in [7, 11) is -4.24. The van der Waals surface area contributed by atoms with Crippen LogP contribution in [0.3, 0.4) is 0 Å². The number of allylic oxidation sites excluding steroid dienone is 2. The highest BCUT2D eigenvalue weighted by atomic mass is 28.4. The molecule has 566 valence electrons. The Balaban J connectivity index is 0.000000624. The van der Waals surface area contributed by atoms with E-state index in [9.17, 15) is 14.7 Å². The number of hydrogen-bond donors (Lipinski definition) is 2. The van der Waals surface area contributed by atoms with Gasteiger partial charge in [0.25, 0.3) is 0 Å². The van der Waals surface area contributed by atoms with Gasteiger partial charge in [0.1, 0.15) is 42.6 Å². The maximum Gasteiger partial charge on any atom is 0.307 e. The van der Waals surface area contributed by atoms with Crippen molar-refractivity contribution in [2.24, 2.45) is 9.98 Å². The number of nitrogens with zero attached hydrogens (tertiary/aromatic N) is 2. The molecule has 2 aliphatic rings. The number of carbonyl (C=O) groups excluding carboxylic acids is 1. The minimum atomic E-state index is -2.16. The first-order valence-corrected chi connectivity index (χ1v) is 42.6. The first-order chi connectivity index (χ1) is 47.3. The van der Waals surface area contributed by atoms with Crippen molar-refractivity contribution < 1.29 is 61.8 Å². The number of ether oxygens (including phenoxy) is 7. The highest BCUT2D eigenvalue weighted by Crippen LogP contribution is 2.40. The Morgan fingerprint density at radius 2 is 0.842 bits per heavy atom. The second-order valence-electron chi connectivity index (χ2n) is 28.9. The lowest BCUT2D eigenvalue weighted by Gasteiger charge is -2.45. The van der Waals surface area contributed by atoms with E-state index in [0.717, 1.165) is 59.4 Å². The zero-order valence-corrected chi connectivity index (χ0v) is 65.0. The lowest BCUT2D eigenvalue weighted by molar-refractivity contribution is -0.262. The molecule has 2 aliphatic heterocycles. The van der Waals surface area contributed by atoms with Gasteiger partial charge in [-0.3, -0.25) is 19.6 Å². The molecule has 6 rings (SSSR count). The quantitative estimate of drug-likeness (QED) is 0.0108. The van der Waals surface area contributed by atoms with Crippen molar-refractivity contribution in [1.29, 1.82) is 0 Å². The Kier molecular flexibility index (Phi) is 44.2. The molecule has 0 bridgehead atoms. The monoisotopic (exact) mass is 1430 g/mol. The standard InChI is InChI=1S/C40H61NO6Si.C38H59NO5Si.C4H6O2.2CH4/c1-9-11-12-13-14-15-16-23-29-43-38-36(41-35(32-24-19-17-20-25-32)33-26-21-18-22-27-33)39(44-28-10-2)47-34(37(38)46-31(3)42)30-45-48(7,8)40(4,5)6;1-8-10-11-12-13-14-15-22-28-41-36-34(39-33(30-23-18-16-19-24-30)31-25-20-17-21-26-31)37(42-27-9-2)44-32(35(36)40)29-43-45(6,7)38(3,4)5;1-2-3-4(5)6;;/h10,17-22,24-28,34,36-39H,9,11-16,23,29-30H2,1-8H3;9,16-21,23-27,32,34-37,40H,8,10-15,22,28-29H2,1-7H3;2H,1,3H2,(H,5,6);2*1H4/b28-10-;27-9-;;;/t34-,36-,37-,38-,39+;32-,34-,35-,36-,37+;;;/m11.../s1. The summed E-state index contributed by atoms with van der Waals surface area (Å²) in [5.74, 6) is -1.23. The molecule has 0 aliphatic carbocycles. The van der Waals surface area contributed by atoms with Gasteiger partial charge in [0.15, 0.2) is 22.7 Å². The van der Waals surface area contributed by atoms with E-state index in [2.05, 4.69) is 112 Å². The number of hydrogen-bond acceptors (Lipinski definition) is 14. The molecule has 15 nitrogen and oxygen atoms in total. The third-order valence-electron chi connectivity index (χ3n) is 18.8. The molecule has 0 saturated carbocycles. The van der Waals surface area contributed by atoms with E-state index >= 15 is 0 Å². The Bertz CT molecular complexity index is 2890. The molecule has 2 saturated heterocycles. The second-order valence-corrected chi connectivity index (χ2v) is 38.5. The summed E-state index contributed by atoms with van der Waals surface area (Å²) in [6.45, 7) is 36.6. The van der Waals surface area contributed by atoms with Gasteiger partial charge in [-0.25, -0.2) is 0 Å². The maximum atomic E-state index is 12.7. The molecule has 0 spiro atoms. The first kappa shape index (κ1) is 91.2. The number of esters is 1. The van der Waals surface area contributed by atoms with Gasteiger partial charge in [-0.15, -0.1) is 6.58 Å². The smallest absolute Gasteiger partial charge is 0.307 e. The SMILES string of the molecule is C.C.C/C=C\O[C@H]1O[C@H](CO[Si](C)(C)C(C)(C)C)[C@@H](O)[C@H](OCCCCCCCCCC)[C@H]1N=C(c1ccccc1)c1ccccc1.C/C=C\O[C@H]1O[C@H](CO[Si](C)(C)C(C)(C)C)[C@@H](OC(C)=O)[C@H](OCCCCCCCCCC)[C@H]1N=C(c1ccccc1)c1ccccc1.C=CCC(=O)O. The van der Waals surface area contributed by atoms with Gasteiger partial charge < -0.3 is 52.2 Å². The fourth-order valence-electron chi connectivity index (χ4n) is 11.0. The van der Waals surface area contributed by atoms with Crippen LogP contribution >= 0.6 is 0 Å². The van der Waals surface area contributed by atoms with E-state index in [0.29, 0.717) is 13.2 Å². The Morgan fingerprint density at radius 3 is 1.16 bits per heavy atom. The topological polar surface area (TPSA) is 182 Å². The molecule has 17 heteroatoms. The van der Waals surface area contributed by atoms with Gasteiger partial charge in [-0.2, -0.15) is 0 Å². The summed E-state index contributed by atoms with van der Waals surface area (Å²) in [4.78, 5) is 32.9. The van der Waals surface area contributed by atoms with Crippen molar-refractivity contribution in [1.82, 2.24) is 0 Å². The van der Waals surface area contributed by atoms with Crippen LogP contribution < -0.4 is 0 Å². The number of unbranched alkanes of at least 4 members (excludes halogenated alkanes) is 14.